The molecule has 3 heterocycles. The molecule has 5 nitrogen and oxygen atoms in total. The first kappa shape index (κ1) is 22.7. The first-order valence-corrected chi connectivity index (χ1v) is 12.0. The number of carbonyl (C=O) groups excluding carboxylic acids is 1. The van der Waals surface area contributed by atoms with Gasteiger partial charge in [-0.05, 0) is 60.3 Å². The van der Waals surface area contributed by atoms with Gasteiger partial charge in [0, 0.05) is 29.1 Å². The summed E-state index contributed by atoms with van der Waals surface area (Å²) in [6, 6.07) is 19.7. The number of furan rings is 1. The van der Waals surface area contributed by atoms with Gasteiger partial charge in [0.2, 0.25) is 0 Å². The Hall–Kier alpha value is -3.03. The number of nitrogens with zero attached hydrogens (tertiary/aromatic N) is 3. The molecule has 0 aliphatic carbocycles. The van der Waals surface area contributed by atoms with E-state index in [9.17, 15) is 4.79 Å². The molecular weight excluding hydrogens is 513 g/mol. The number of amides is 1. The predicted octanol–water partition coefficient (Wildman–Crippen LogP) is 8.11. The fraction of sp³-hybridized carbons (Fsp3) is 0. The van der Waals surface area contributed by atoms with Crippen LogP contribution in [0.2, 0.25) is 15.1 Å². The van der Waals surface area contributed by atoms with Crippen LogP contribution in [0.1, 0.15) is 5.76 Å². The van der Waals surface area contributed by atoms with Gasteiger partial charge in [0.25, 0.3) is 5.91 Å². The third kappa shape index (κ3) is 4.63. The number of anilines is 1. The van der Waals surface area contributed by atoms with Crippen LogP contribution in [0.4, 0.5) is 11.4 Å². The van der Waals surface area contributed by atoms with Crippen LogP contribution in [0.5, 0.6) is 0 Å². The summed E-state index contributed by atoms with van der Waals surface area (Å²) in [5, 5.41) is 1.93. The van der Waals surface area contributed by atoms with Crippen molar-refractivity contribution in [3.8, 4) is 11.3 Å². The summed E-state index contributed by atoms with van der Waals surface area (Å²) in [4.78, 5) is 24.0. The fourth-order valence-corrected chi connectivity index (χ4v) is 4.82. The van der Waals surface area contributed by atoms with Crippen LogP contribution in [0.15, 0.2) is 93.4 Å². The van der Waals surface area contributed by atoms with E-state index in [1.165, 1.54) is 18.0 Å². The number of thioether (sulfide) groups is 1. The zero-order valence-corrected chi connectivity index (χ0v) is 20.4. The van der Waals surface area contributed by atoms with Crippen LogP contribution in [0.25, 0.3) is 17.4 Å². The van der Waals surface area contributed by atoms with Crippen molar-refractivity contribution < 1.29 is 9.21 Å². The van der Waals surface area contributed by atoms with Crippen LogP contribution in [0, 0.1) is 0 Å². The Bertz CT molecular complexity index is 1450. The minimum atomic E-state index is -0.223. The molecule has 2 aromatic heterocycles. The Morgan fingerprint density at radius 2 is 1.79 bits per heavy atom. The van der Waals surface area contributed by atoms with Gasteiger partial charge in [0.05, 0.1) is 26.3 Å². The SMILES string of the molecule is O=C1/C(=C\c2ccc(-c3cc(Cl)ccc3Cl)o2)SC(=Nc2ccncc2Cl)N1c1ccccc1. The summed E-state index contributed by atoms with van der Waals surface area (Å²) in [5.41, 5.74) is 1.88. The van der Waals surface area contributed by atoms with Crippen molar-refractivity contribution >= 4 is 75.1 Å². The predicted molar refractivity (Wildman–Crippen MR) is 140 cm³/mol. The molecule has 168 valence electrons. The Morgan fingerprint density at radius 3 is 2.59 bits per heavy atom. The van der Waals surface area contributed by atoms with Gasteiger partial charge in [-0.15, -0.1) is 0 Å². The standard InChI is InChI=1S/C25H14Cl3N3O2S/c26-15-6-8-19(27)18(12-15)22-9-7-17(33-22)13-23-24(32)31(16-4-2-1-3-5-16)25(34-23)30-21-10-11-29-14-20(21)28/h1-14H/b23-13+,30-25?. The molecule has 2 aromatic carbocycles. The Balaban J connectivity index is 1.53. The highest BCUT2D eigenvalue weighted by molar-refractivity contribution is 8.19. The quantitative estimate of drug-likeness (QED) is 0.252. The van der Waals surface area contributed by atoms with Crippen molar-refractivity contribution in [1.29, 1.82) is 0 Å². The van der Waals surface area contributed by atoms with Gasteiger partial charge in [-0.25, -0.2) is 4.99 Å². The van der Waals surface area contributed by atoms with Gasteiger partial charge in [-0.2, -0.15) is 0 Å². The van der Waals surface area contributed by atoms with Gasteiger partial charge in [0.15, 0.2) is 5.17 Å². The van der Waals surface area contributed by atoms with Gasteiger partial charge in [-0.1, -0.05) is 53.0 Å². The molecule has 1 fully saturated rings. The number of para-hydroxylation sites is 1. The topological polar surface area (TPSA) is 58.7 Å². The highest BCUT2D eigenvalue weighted by Gasteiger charge is 2.35. The minimum Gasteiger partial charge on any atom is -0.457 e. The van der Waals surface area contributed by atoms with E-state index in [0.717, 1.165) is 0 Å². The number of aliphatic imine (C=N–C) groups is 1. The summed E-state index contributed by atoms with van der Waals surface area (Å²) in [5.74, 6) is 0.823. The maximum Gasteiger partial charge on any atom is 0.271 e. The van der Waals surface area contributed by atoms with Crippen LogP contribution in [0.3, 0.4) is 0 Å². The number of carbonyl (C=O) groups is 1. The Kier molecular flexibility index (Phi) is 6.48. The third-order valence-electron chi connectivity index (χ3n) is 4.88. The molecule has 1 saturated heterocycles. The molecule has 0 unspecified atom stereocenters. The van der Waals surface area contributed by atoms with Crippen molar-refractivity contribution in [2.45, 2.75) is 0 Å². The lowest BCUT2D eigenvalue weighted by Gasteiger charge is -2.15. The van der Waals surface area contributed by atoms with Gasteiger partial charge >= 0.3 is 0 Å². The molecule has 4 aromatic rings. The van der Waals surface area contributed by atoms with Gasteiger partial charge in [0.1, 0.15) is 11.5 Å². The monoisotopic (exact) mass is 525 g/mol. The van der Waals surface area contributed by atoms with Crippen molar-refractivity contribution in [2.24, 2.45) is 4.99 Å². The average Bonchev–Trinajstić information content (AvgIpc) is 3.42. The van der Waals surface area contributed by atoms with E-state index in [0.29, 0.717) is 53.6 Å². The van der Waals surface area contributed by atoms with E-state index in [-0.39, 0.29) is 5.91 Å². The first-order chi connectivity index (χ1) is 16.5. The molecule has 0 saturated carbocycles. The van der Waals surface area contributed by atoms with Crippen molar-refractivity contribution in [3.63, 3.8) is 0 Å². The summed E-state index contributed by atoms with van der Waals surface area (Å²) in [6.45, 7) is 0. The first-order valence-electron chi connectivity index (χ1n) is 10.0. The van der Waals surface area contributed by atoms with E-state index in [2.05, 4.69) is 9.98 Å². The Labute approximate surface area is 214 Å². The van der Waals surface area contributed by atoms with Gasteiger partial charge in [-0.3, -0.25) is 14.7 Å². The number of aromatic nitrogens is 1. The highest BCUT2D eigenvalue weighted by atomic mass is 35.5. The van der Waals surface area contributed by atoms with Crippen LogP contribution < -0.4 is 4.90 Å². The zero-order chi connectivity index (χ0) is 23.7. The largest absolute Gasteiger partial charge is 0.457 e. The minimum absolute atomic E-state index is 0.223. The molecule has 34 heavy (non-hydrogen) atoms. The molecular formula is C25H14Cl3N3O2S. The average molecular weight is 527 g/mol. The van der Waals surface area contributed by atoms with Crippen molar-refractivity contribution in [1.82, 2.24) is 4.98 Å². The second-order valence-electron chi connectivity index (χ2n) is 7.13. The summed E-state index contributed by atoms with van der Waals surface area (Å²) in [7, 11) is 0. The molecule has 9 heteroatoms. The number of benzene rings is 2. The van der Waals surface area contributed by atoms with Crippen LogP contribution in [-0.2, 0) is 4.79 Å². The maximum atomic E-state index is 13.4. The van der Waals surface area contributed by atoms with E-state index in [1.807, 2.05) is 30.3 Å². The van der Waals surface area contributed by atoms with Crippen molar-refractivity contribution in [3.05, 3.63) is 105 Å². The third-order valence-corrected chi connectivity index (χ3v) is 6.71. The lowest BCUT2D eigenvalue weighted by Crippen LogP contribution is -2.28. The number of rotatable bonds is 4. The van der Waals surface area contributed by atoms with Gasteiger partial charge < -0.3 is 4.42 Å². The van der Waals surface area contributed by atoms with Crippen LogP contribution >= 0.6 is 46.6 Å². The molecule has 0 atom stereocenters. The molecule has 1 aliphatic heterocycles. The number of hydrogen-bond acceptors (Lipinski definition) is 5. The van der Waals surface area contributed by atoms with Crippen LogP contribution in [-0.4, -0.2) is 16.1 Å². The summed E-state index contributed by atoms with van der Waals surface area (Å²) >= 11 is 19.9. The summed E-state index contributed by atoms with van der Waals surface area (Å²) < 4.78 is 5.96. The maximum absolute atomic E-state index is 13.4. The van der Waals surface area contributed by atoms with E-state index >= 15 is 0 Å². The molecule has 0 spiro atoms. The smallest absolute Gasteiger partial charge is 0.271 e. The number of halogens is 3. The second-order valence-corrected chi connectivity index (χ2v) is 9.39. The number of hydrogen-bond donors (Lipinski definition) is 0. The summed E-state index contributed by atoms with van der Waals surface area (Å²) in [6.07, 6.45) is 4.79. The van der Waals surface area contributed by atoms with Crippen molar-refractivity contribution in [2.75, 3.05) is 4.90 Å². The number of pyridine rings is 1. The highest BCUT2D eigenvalue weighted by Crippen LogP contribution is 2.39. The molecule has 0 N–H and O–H groups in total. The van der Waals surface area contributed by atoms with E-state index in [1.54, 1.807) is 53.6 Å². The molecule has 0 bridgehead atoms. The molecule has 1 aliphatic rings. The lowest BCUT2D eigenvalue weighted by molar-refractivity contribution is -0.113. The fourth-order valence-electron chi connectivity index (χ4n) is 3.31. The molecule has 1 amide bonds. The van der Waals surface area contributed by atoms with E-state index in [4.69, 9.17) is 39.2 Å². The zero-order valence-electron chi connectivity index (χ0n) is 17.3. The van der Waals surface area contributed by atoms with E-state index < -0.39 is 0 Å². The Morgan fingerprint density at radius 1 is 0.971 bits per heavy atom. The normalized spacial score (nSPS) is 16.1. The molecule has 0 radical (unpaired) electrons. The number of amidine groups is 1. The second kappa shape index (κ2) is 9.68. The lowest BCUT2D eigenvalue weighted by atomic mass is 10.2. The molecule has 5 rings (SSSR count).